The first-order chi connectivity index (χ1) is 11.2. The zero-order chi connectivity index (χ0) is 15.9. The van der Waals surface area contributed by atoms with Gasteiger partial charge in [0.15, 0.2) is 0 Å². The lowest BCUT2D eigenvalue weighted by atomic mass is 9.70. The van der Waals surface area contributed by atoms with Crippen molar-refractivity contribution in [3.05, 3.63) is 35.5 Å². The molecule has 4 nitrogen and oxygen atoms in total. The van der Waals surface area contributed by atoms with Crippen LogP contribution in [0.15, 0.2) is 30.5 Å². The predicted octanol–water partition coefficient (Wildman–Crippen LogP) is 2.83. The number of hydrogen-bond donors (Lipinski definition) is 2. The highest BCUT2D eigenvalue weighted by Gasteiger charge is 2.44. The van der Waals surface area contributed by atoms with Gasteiger partial charge in [-0.15, -0.1) is 0 Å². The number of fused-ring (bicyclic) bond motifs is 2. The van der Waals surface area contributed by atoms with E-state index in [4.69, 9.17) is 11.6 Å². The van der Waals surface area contributed by atoms with Crippen LogP contribution in [0.1, 0.15) is 19.3 Å². The summed E-state index contributed by atoms with van der Waals surface area (Å²) in [5.41, 5.74) is 2.10. The van der Waals surface area contributed by atoms with Crippen molar-refractivity contribution < 1.29 is 5.11 Å². The van der Waals surface area contributed by atoms with E-state index in [-0.39, 0.29) is 12.0 Å². The maximum Gasteiger partial charge on any atom is 0.0737 e. The number of aromatic nitrogens is 1. The Morgan fingerprint density at radius 3 is 3.17 bits per heavy atom. The third-order valence-electron chi connectivity index (χ3n) is 5.51. The van der Waals surface area contributed by atoms with E-state index in [0.29, 0.717) is 11.1 Å². The summed E-state index contributed by atoms with van der Waals surface area (Å²) in [6, 6.07) is 8.40. The molecule has 2 atom stereocenters. The number of nitrogens with one attached hydrogen (secondary N) is 1. The standard InChI is InChI=1S/C18H22ClN3O/c19-13-2-3-14-15(10-13)20-8-4-16(14)22-9-5-17-18(11-22,12-23)6-1-7-21-17/h2-4,8,10,17,21,23H,1,5-7,9,11-12H2/t17-,18-/m1/s1. The van der Waals surface area contributed by atoms with E-state index in [0.717, 1.165) is 49.8 Å². The van der Waals surface area contributed by atoms with E-state index in [1.165, 1.54) is 5.69 Å². The fraction of sp³-hybridized carbons (Fsp3) is 0.500. The molecule has 2 aliphatic heterocycles. The van der Waals surface area contributed by atoms with Gasteiger partial charge in [-0.1, -0.05) is 11.6 Å². The monoisotopic (exact) mass is 331 g/mol. The van der Waals surface area contributed by atoms with Gasteiger partial charge in [0.2, 0.25) is 0 Å². The number of hydrogen-bond acceptors (Lipinski definition) is 4. The van der Waals surface area contributed by atoms with Gasteiger partial charge < -0.3 is 15.3 Å². The molecule has 0 unspecified atom stereocenters. The number of benzene rings is 1. The molecule has 4 rings (SSSR count). The van der Waals surface area contributed by atoms with Crippen LogP contribution < -0.4 is 10.2 Å². The van der Waals surface area contributed by atoms with E-state index < -0.39 is 0 Å². The van der Waals surface area contributed by atoms with E-state index >= 15 is 0 Å². The molecule has 2 aromatic rings. The molecule has 2 N–H and O–H groups in total. The number of rotatable bonds is 2. The average molecular weight is 332 g/mol. The van der Waals surface area contributed by atoms with Crippen molar-refractivity contribution in [2.45, 2.75) is 25.3 Å². The van der Waals surface area contributed by atoms with Crippen LogP contribution in [0.5, 0.6) is 0 Å². The Morgan fingerprint density at radius 2 is 2.30 bits per heavy atom. The van der Waals surface area contributed by atoms with E-state index in [9.17, 15) is 5.11 Å². The first-order valence-electron chi connectivity index (χ1n) is 8.35. The second kappa shape index (κ2) is 5.93. The van der Waals surface area contributed by atoms with Crippen LogP contribution in [0, 0.1) is 5.41 Å². The van der Waals surface area contributed by atoms with Crippen molar-refractivity contribution in [1.29, 1.82) is 0 Å². The lowest BCUT2D eigenvalue weighted by Gasteiger charge is -2.51. The summed E-state index contributed by atoms with van der Waals surface area (Å²) in [6.07, 6.45) is 5.15. The van der Waals surface area contributed by atoms with Crippen LogP contribution in [-0.2, 0) is 0 Å². The molecule has 3 heterocycles. The number of halogens is 1. The SMILES string of the molecule is OC[C@]12CCCN[C@@H]1CCN(c1ccnc3cc(Cl)ccc13)C2. The number of anilines is 1. The summed E-state index contributed by atoms with van der Waals surface area (Å²) in [5.74, 6) is 0. The first kappa shape index (κ1) is 15.2. The van der Waals surface area contributed by atoms with Gasteiger partial charge in [0.05, 0.1) is 12.1 Å². The molecule has 0 spiro atoms. The molecule has 2 fully saturated rings. The molecule has 2 aliphatic rings. The van der Waals surface area contributed by atoms with Crippen molar-refractivity contribution in [1.82, 2.24) is 10.3 Å². The summed E-state index contributed by atoms with van der Waals surface area (Å²) in [4.78, 5) is 6.86. The van der Waals surface area contributed by atoms with Crippen LogP contribution in [0.4, 0.5) is 5.69 Å². The third kappa shape index (κ3) is 2.59. The highest BCUT2D eigenvalue weighted by molar-refractivity contribution is 6.31. The topological polar surface area (TPSA) is 48.4 Å². The van der Waals surface area contributed by atoms with Gasteiger partial charge in [-0.3, -0.25) is 4.98 Å². The number of nitrogens with zero attached hydrogens (tertiary/aromatic N) is 2. The zero-order valence-electron chi connectivity index (χ0n) is 13.1. The van der Waals surface area contributed by atoms with Gasteiger partial charge in [0, 0.05) is 46.8 Å². The molecule has 23 heavy (non-hydrogen) atoms. The summed E-state index contributed by atoms with van der Waals surface area (Å²) >= 11 is 6.10. The number of aliphatic hydroxyl groups is 1. The number of piperidine rings is 2. The smallest absolute Gasteiger partial charge is 0.0737 e. The molecular weight excluding hydrogens is 310 g/mol. The fourth-order valence-corrected chi connectivity index (χ4v) is 4.44. The van der Waals surface area contributed by atoms with Crippen molar-refractivity contribution in [3.8, 4) is 0 Å². The summed E-state index contributed by atoms with van der Waals surface area (Å²) in [7, 11) is 0. The minimum Gasteiger partial charge on any atom is -0.396 e. The lowest BCUT2D eigenvalue weighted by Crippen LogP contribution is -2.61. The average Bonchev–Trinajstić information content (AvgIpc) is 2.60. The molecule has 0 radical (unpaired) electrons. The fourth-order valence-electron chi connectivity index (χ4n) is 4.28. The second-order valence-corrected chi connectivity index (χ2v) is 7.27. The Morgan fingerprint density at radius 1 is 1.39 bits per heavy atom. The molecule has 0 aliphatic carbocycles. The largest absolute Gasteiger partial charge is 0.396 e. The highest BCUT2D eigenvalue weighted by Crippen LogP contribution is 2.40. The molecule has 0 amide bonds. The molecule has 0 bridgehead atoms. The molecule has 1 aromatic heterocycles. The van der Waals surface area contributed by atoms with Gasteiger partial charge in [-0.05, 0) is 50.1 Å². The Bertz CT molecular complexity index is 722. The van der Waals surface area contributed by atoms with E-state index in [1.54, 1.807) is 0 Å². The Labute approximate surface area is 141 Å². The molecule has 5 heteroatoms. The quantitative estimate of drug-likeness (QED) is 0.888. The minimum absolute atomic E-state index is 0.0292. The Balaban J connectivity index is 1.71. The highest BCUT2D eigenvalue weighted by atomic mass is 35.5. The zero-order valence-corrected chi connectivity index (χ0v) is 13.9. The van der Waals surface area contributed by atoms with Crippen molar-refractivity contribution in [2.24, 2.45) is 5.41 Å². The molecular formula is C18H22ClN3O. The van der Waals surface area contributed by atoms with E-state index in [1.807, 2.05) is 18.3 Å². The van der Waals surface area contributed by atoms with Gasteiger partial charge in [-0.25, -0.2) is 0 Å². The normalized spacial score (nSPS) is 27.9. The molecule has 1 aromatic carbocycles. The van der Waals surface area contributed by atoms with Gasteiger partial charge >= 0.3 is 0 Å². The summed E-state index contributed by atoms with van der Waals surface area (Å²) in [6.45, 7) is 3.21. The van der Waals surface area contributed by atoms with Gasteiger partial charge in [0.1, 0.15) is 0 Å². The Kier molecular flexibility index (Phi) is 3.92. The van der Waals surface area contributed by atoms with Crippen LogP contribution in [0.3, 0.4) is 0 Å². The Hall–Kier alpha value is -1.36. The van der Waals surface area contributed by atoms with Crippen LogP contribution in [-0.4, -0.2) is 42.4 Å². The lowest BCUT2D eigenvalue weighted by molar-refractivity contribution is 0.0406. The summed E-state index contributed by atoms with van der Waals surface area (Å²) in [5, 5.41) is 15.6. The third-order valence-corrected chi connectivity index (χ3v) is 5.75. The predicted molar refractivity (Wildman–Crippen MR) is 94.1 cm³/mol. The van der Waals surface area contributed by atoms with Crippen molar-refractivity contribution >= 4 is 28.2 Å². The number of pyridine rings is 1. The van der Waals surface area contributed by atoms with Crippen LogP contribution in [0.2, 0.25) is 5.02 Å². The number of aliphatic hydroxyl groups excluding tert-OH is 1. The second-order valence-electron chi connectivity index (χ2n) is 6.83. The molecule has 2 saturated heterocycles. The van der Waals surface area contributed by atoms with Crippen molar-refractivity contribution in [3.63, 3.8) is 0 Å². The maximum atomic E-state index is 10.1. The molecule has 0 saturated carbocycles. The summed E-state index contributed by atoms with van der Waals surface area (Å²) < 4.78 is 0. The molecule has 122 valence electrons. The van der Waals surface area contributed by atoms with Gasteiger partial charge in [0.25, 0.3) is 0 Å². The van der Waals surface area contributed by atoms with Crippen molar-refractivity contribution in [2.75, 3.05) is 31.1 Å². The first-order valence-corrected chi connectivity index (χ1v) is 8.73. The van der Waals surface area contributed by atoms with E-state index in [2.05, 4.69) is 27.3 Å². The van der Waals surface area contributed by atoms with Gasteiger partial charge in [-0.2, -0.15) is 0 Å². The van der Waals surface area contributed by atoms with Crippen LogP contribution >= 0.6 is 11.6 Å². The van der Waals surface area contributed by atoms with Crippen LogP contribution in [0.25, 0.3) is 10.9 Å². The maximum absolute atomic E-state index is 10.1. The minimum atomic E-state index is -0.0292.